The van der Waals surface area contributed by atoms with Gasteiger partial charge < -0.3 is 9.72 Å². The van der Waals surface area contributed by atoms with Crippen LogP contribution in [0.4, 0.5) is 10.5 Å². The summed E-state index contributed by atoms with van der Waals surface area (Å²) in [6, 6.07) is 13.8. The molecule has 1 aliphatic heterocycles. The monoisotopic (exact) mass is 498 g/mol. The molecule has 1 aromatic heterocycles. The van der Waals surface area contributed by atoms with Gasteiger partial charge in [0.2, 0.25) is 10.0 Å². The molecule has 9 nitrogen and oxygen atoms in total. The Bertz CT molecular complexity index is 1340. The molecule has 35 heavy (non-hydrogen) atoms. The minimum atomic E-state index is -3.46. The highest BCUT2D eigenvalue weighted by Gasteiger charge is 2.58. The molecule has 0 spiro atoms. The van der Waals surface area contributed by atoms with Crippen LogP contribution in [0.1, 0.15) is 50.9 Å². The fraction of sp³-hybridized carbons (Fsp3) is 0.400. The van der Waals surface area contributed by atoms with Crippen molar-refractivity contribution in [2.75, 3.05) is 11.0 Å². The van der Waals surface area contributed by atoms with Gasteiger partial charge in [-0.1, -0.05) is 56.5 Å². The Morgan fingerprint density at radius 1 is 1.14 bits per heavy atom. The third-order valence-corrected chi connectivity index (χ3v) is 6.76. The zero-order valence-corrected chi connectivity index (χ0v) is 20.9. The summed E-state index contributed by atoms with van der Waals surface area (Å²) in [5.41, 5.74) is 0.548. The first-order valence-electron chi connectivity index (χ1n) is 11.7. The molecule has 1 aliphatic rings. The number of benzene rings is 2. The van der Waals surface area contributed by atoms with E-state index in [2.05, 4.69) is 21.6 Å². The molecule has 10 heteroatoms. The highest BCUT2D eigenvalue weighted by atomic mass is 32.2. The standard InChI is InChI=1S/C25H30N4O5S/c1-4-5-7-10-17(2)29-23(30)25(34-24(29)31,16-18-11-8-6-9-12-18)22-26-20-14-13-19(15-21(20)27-22)28-35(3,32)33/h6,8-9,11-15,17,28H,4-5,7,10,16H2,1-3H3,(H,26,27)/t17-,25-/m1/s1. The molecule has 2 heterocycles. The molecule has 186 valence electrons. The van der Waals surface area contributed by atoms with Crippen LogP contribution in [0.5, 0.6) is 0 Å². The number of nitrogens with zero attached hydrogens (tertiary/aromatic N) is 2. The number of imide groups is 1. The van der Waals surface area contributed by atoms with Gasteiger partial charge in [0.05, 0.1) is 23.0 Å². The summed E-state index contributed by atoms with van der Waals surface area (Å²) in [6.45, 7) is 3.96. The number of H-pyrrole nitrogens is 1. The van der Waals surface area contributed by atoms with Gasteiger partial charge in [-0.3, -0.25) is 9.52 Å². The van der Waals surface area contributed by atoms with Gasteiger partial charge in [0.25, 0.3) is 11.5 Å². The van der Waals surface area contributed by atoms with Crippen LogP contribution in [-0.2, 0) is 31.6 Å². The van der Waals surface area contributed by atoms with Crippen LogP contribution in [0.2, 0.25) is 0 Å². The van der Waals surface area contributed by atoms with E-state index >= 15 is 0 Å². The Labute approximate surface area is 204 Å². The Balaban J connectivity index is 1.75. The van der Waals surface area contributed by atoms with Gasteiger partial charge in [0.1, 0.15) is 0 Å². The van der Waals surface area contributed by atoms with Gasteiger partial charge in [0, 0.05) is 12.5 Å². The van der Waals surface area contributed by atoms with E-state index < -0.39 is 27.6 Å². The zero-order valence-electron chi connectivity index (χ0n) is 20.1. The third kappa shape index (κ3) is 5.17. The molecule has 2 atom stereocenters. The highest BCUT2D eigenvalue weighted by Crippen LogP contribution is 2.39. The molecule has 0 aliphatic carbocycles. The number of cyclic esters (lactones) is 1. The number of ether oxygens (including phenoxy) is 1. The number of anilines is 1. The maximum absolute atomic E-state index is 13.9. The van der Waals surface area contributed by atoms with Crippen LogP contribution in [0.15, 0.2) is 48.5 Å². The van der Waals surface area contributed by atoms with E-state index in [1.807, 2.05) is 37.3 Å². The third-order valence-electron chi connectivity index (χ3n) is 6.15. The molecule has 0 saturated carbocycles. The van der Waals surface area contributed by atoms with E-state index in [1.165, 1.54) is 4.90 Å². The average molecular weight is 499 g/mol. The number of rotatable bonds is 10. The Morgan fingerprint density at radius 2 is 1.89 bits per heavy atom. The number of amides is 2. The second-order valence-electron chi connectivity index (χ2n) is 9.07. The normalized spacial score (nSPS) is 19.2. The van der Waals surface area contributed by atoms with Crippen molar-refractivity contribution < 1.29 is 22.7 Å². The number of unbranched alkanes of at least 4 members (excludes halogenated alkanes) is 2. The molecule has 1 saturated heterocycles. The summed E-state index contributed by atoms with van der Waals surface area (Å²) in [5.74, 6) is -0.252. The van der Waals surface area contributed by atoms with E-state index in [0.717, 1.165) is 31.1 Å². The number of carbonyl (C=O) groups is 2. The zero-order chi connectivity index (χ0) is 25.2. The van der Waals surface area contributed by atoms with Gasteiger partial charge in [0.15, 0.2) is 5.82 Å². The summed E-state index contributed by atoms with van der Waals surface area (Å²) in [5, 5.41) is 0. The predicted molar refractivity (Wildman–Crippen MR) is 133 cm³/mol. The molecule has 1 fully saturated rings. The second-order valence-corrected chi connectivity index (χ2v) is 10.8. The number of aromatic nitrogens is 2. The van der Waals surface area contributed by atoms with Crippen LogP contribution in [0, 0.1) is 0 Å². The highest BCUT2D eigenvalue weighted by molar-refractivity contribution is 7.92. The lowest BCUT2D eigenvalue weighted by molar-refractivity contribution is -0.139. The van der Waals surface area contributed by atoms with Crippen molar-refractivity contribution in [1.82, 2.24) is 14.9 Å². The first-order valence-corrected chi connectivity index (χ1v) is 13.6. The van der Waals surface area contributed by atoms with Crippen molar-refractivity contribution in [1.29, 1.82) is 0 Å². The number of carbonyl (C=O) groups excluding carboxylic acids is 2. The van der Waals surface area contributed by atoms with Crippen molar-refractivity contribution in [3.05, 3.63) is 59.9 Å². The molecule has 4 rings (SSSR count). The topological polar surface area (TPSA) is 121 Å². The van der Waals surface area contributed by atoms with Crippen molar-refractivity contribution in [3.8, 4) is 0 Å². The molecule has 3 aromatic rings. The largest absolute Gasteiger partial charge is 0.424 e. The number of fused-ring (bicyclic) bond motifs is 1. The predicted octanol–water partition coefficient (Wildman–Crippen LogP) is 4.32. The summed E-state index contributed by atoms with van der Waals surface area (Å²) in [6.07, 6.45) is 4.15. The summed E-state index contributed by atoms with van der Waals surface area (Å²) < 4.78 is 31.6. The molecule has 2 amide bonds. The summed E-state index contributed by atoms with van der Waals surface area (Å²) in [7, 11) is -3.46. The Hall–Kier alpha value is -3.40. The lowest BCUT2D eigenvalue weighted by atomic mass is 9.92. The minimum Gasteiger partial charge on any atom is -0.424 e. The van der Waals surface area contributed by atoms with E-state index in [9.17, 15) is 18.0 Å². The van der Waals surface area contributed by atoms with Crippen LogP contribution in [-0.4, -0.2) is 47.6 Å². The number of hydrogen-bond acceptors (Lipinski definition) is 6. The summed E-state index contributed by atoms with van der Waals surface area (Å²) in [4.78, 5) is 35.8. The van der Waals surface area contributed by atoms with Crippen molar-refractivity contribution in [2.24, 2.45) is 0 Å². The number of nitrogens with one attached hydrogen (secondary N) is 2. The Morgan fingerprint density at radius 3 is 2.57 bits per heavy atom. The first kappa shape index (κ1) is 24.7. The van der Waals surface area contributed by atoms with Crippen molar-refractivity contribution in [2.45, 2.75) is 57.6 Å². The smallest absolute Gasteiger partial charge is 0.418 e. The van der Waals surface area contributed by atoms with Gasteiger partial charge >= 0.3 is 6.09 Å². The van der Waals surface area contributed by atoms with E-state index in [0.29, 0.717) is 23.1 Å². The van der Waals surface area contributed by atoms with Crippen LogP contribution < -0.4 is 4.72 Å². The van der Waals surface area contributed by atoms with Crippen molar-refractivity contribution in [3.63, 3.8) is 0 Å². The fourth-order valence-corrected chi connectivity index (χ4v) is 4.98. The molecule has 2 aromatic carbocycles. The van der Waals surface area contributed by atoms with Crippen LogP contribution in [0.3, 0.4) is 0 Å². The number of sulfonamides is 1. The van der Waals surface area contributed by atoms with Crippen LogP contribution in [0.25, 0.3) is 11.0 Å². The molecular formula is C25H30N4O5S. The van der Waals surface area contributed by atoms with E-state index in [1.54, 1.807) is 18.2 Å². The van der Waals surface area contributed by atoms with Gasteiger partial charge in [-0.05, 0) is 37.1 Å². The lowest BCUT2D eigenvalue weighted by Crippen LogP contribution is -2.44. The maximum Gasteiger partial charge on any atom is 0.418 e. The van der Waals surface area contributed by atoms with Crippen molar-refractivity contribution >= 4 is 38.7 Å². The quantitative estimate of drug-likeness (QED) is 0.402. The second kappa shape index (κ2) is 9.69. The SMILES string of the molecule is CCCCC[C@@H](C)N1C(=O)O[C@](Cc2ccccc2)(c2nc3ccc(NS(C)(=O)=O)cc3[nH]2)C1=O. The maximum atomic E-state index is 13.9. The Kier molecular flexibility index (Phi) is 6.84. The molecule has 0 radical (unpaired) electrons. The molecule has 0 unspecified atom stereocenters. The molecule has 0 bridgehead atoms. The minimum absolute atomic E-state index is 0.116. The average Bonchev–Trinajstić information content (AvgIpc) is 3.32. The molecule has 2 N–H and O–H groups in total. The van der Waals surface area contributed by atoms with Gasteiger partial charge in [-0.2, -0.15) is 0 Å². The first-order chi connectivity index (χ1) is 16.6. The molecular weight excluding hydrogens is 468 g/mol. The van der Waals surface area contributed by atoms with E-state index in [-0.39, 0.29) is 18.3 Å². The lowest BCUT2D eigenvalue weighted by Gasteiger charge is -2.24. The van der Waals surface area contributed by atoms with E-state index in [4.69, 9.17) is 4.74 Å². The number of imidazole rings is 1. The van der Waals surface area contributed by atoms with Gasteiger partial charge in [-0.15, -0.1) is 0 Å². The number of hydrogen-bond donors (Lipinski definition) is 2. The van der Waals surface area contributed by atoms with Crippen LogP contribution >= 0.6 is 0 Å². The number of aromatic amines is 1. The summed E-state index contributed by atoms with van der Waals surface area (Å²) >= 11 is 0. The van der Waals surface area contributed by atoms with Gasteiger partial charge in [-0.25, -0.2) is 23.1 Å². The fourth-order valence-electron chi connectivity index (χ4n) is 4.43.